The van der Waals surface area contributed by atoms with Crippen molar-refractivity contribution in [1.82, 2.24) is 0 Å². The van der Waals surface area contributed by atoms with Crippen LogP contribution in [-0.4, -0.2) is 24.1 Å². The van der Waals surface area contributed by atoms with E-state index in [-0.39, 0.29) is 22.3 Å². The van der Waals surface area contributed by atoms with E-state index in [1.54, 1.807) is 0 Å². The quantitative estimate of drug-likeness (QED) is 0.356. The highest BCUT2D eigenvalue weighted by molar-refractivity contribution is 6.32. The normalized spacial score (nSPS) is 12.4. The van der Waals surface area contributed by atoms with Gasteiger partial charge in [0.05, 0.1) is 15.5 Å². The van der Waals surface area contributed by atoms with Crippen molar-refractivity contribution in [2.45, 2.75) is 19.4 Å². The van der Waals surface area contributed by atoms with Crippen LogP contribution in [0.15, 0.2) is 36.4 Å². The van der Waals surface area contributed by atoms with E-state index in [0.29, 0.717) is 6.07 Å². The van der Waals surface area contributed by atoms with Crippen molar-refractivity contribution in [3.8, 4) is 17.2 Å². The van der Waals surface area contributed by atoms with E-state index in [1.807, 2.05) is 0 Å². The molecule has 0 aliphatic rings. The molecule has 150 valence electrons. The molecule has 0 amide bonds. The number of nitrogens with zero attached hydrogens (tertiary/aromatic N) is 1. The van der Waals surface area contributed by atoms with Gasteiger partial charge in [0.25, 0.3) is 6.29 Å². The lowest BCUT2D eigenvalue weighted by Crippen LogP contribution is -2.27. The molecule has 28 heavy (non-hydrogen) atoms. The number of hydrogen-bond acceptors (Lipinski definition) is 6. The number of halogens is 4. The molecular formula is C17H13ClF3NO6. The van der Waals surface area contributed by atoms with Gasteiger partial charge >= 0.3 is 11.9 Å². The number of carbonyl (C=O) groups excluding carboxylic acids is 1. The molecule has 0 spiro atoms. The average molecular weight is 420 g/mol. The van der Waals surface area contributed by atoms with Gasteiger partial charge in [-0.25, -0.2) is 0 Å². The van der Waals surface area contributed by atoms with Gasteiger partial charge in [0.2, 0.25) is 5.75 Å². The van der Waals surface area contributed by atoms with E-state index in [1.165, 1.54) is 20.1 Å². The molecule has 1 atom stereocenters. The summed E-state index contributed by atoms with van der Waals surface area (Å²) in [6.45, 7) is 1.17. The van der Waals surface area contributed by atoms with E-state index in [0.717, 1.165) is 24.3 Å². The Morgan fingerprint density at radius 1 is 1.18 bits per heavy atom. The maximum atomic E-state index is 12.7. The monoisotopic (exact) mass is 419 g/mol. The van der Waals surface area contributed by atoms with E-state index in [9.17, 15) is 28.1 Å². The Labute approximate surface area is 161 Å². The molecule has 2 aromatic rings. The van der Waals surface area contributed by atoms with Crippen LogP contribution in [0.4, 0.5) is 18.9 Å². The first-order valence-corrected chi connectivity index (χ1v) is 7.93. The highest BCUT2D eigenvalue weighted by Gasteiger charge is 2.31. The standard InChI is InChI=1S/C17H13ClF3NO6/c1-9(23)16(26-2)28-15-8-11(4-5-13(15)22(24)25)27-14-6-3-10(7-12(14)18)17(19,20)21/h3-8,16H,1-2H3. The zero-order chi connectivity index (χ0) is 21.1. The van der Waals surface area contributed by atoms with Gasteiger partial charge in [-0.15, -0.1) is 0 Å². The minimum absolute atomic E-state index is 0.0133. The third-order valence-corrected chi connectivity index (χ3v) is 3.69. The summed E-state index contributed by atoms with van der Waals surface area (Å²) in [6, 6.07) is 5.84. The highest BCUT2D eigenvalue weighted by atomic mass is 35.5. The average Bonchev–Trinajstić information content (AvgIpc) is 2.60. The smallest absolute Gasteiger partial charge is 0.416 e. The van der Waals surface area contributed by atoms with E-state index in [2.05, 4.69) is 0 Å². The van der Waals surface area contributed by atoms with Gasteiger partial charge in [-0.3, -0.25) is 14.9 Å². The largest absolute Gasteiger partial charge is 0.456 e. The molecule has 11 heteroatoms. The highest BCUT2D eigenvalue weighted by Crippen LogP contribution is 2.38. The Morgan fingerprint density at radius 2 is 1.86 bits per heavy atom. The summed E-state index contributed by atoms with van der Waals surface area (Å²) >= 11 is 5.83. The molecular weight excluding hydrogens is 407 g/mol. The number of Topliss-reactive ketones (excluding diaryl/α,β-unsaturated/α-hetero) is 1. The molecule has 2 aromatic carbocycles. The van der Waals surface area contributed by atoms with E-state index >= 15 is 0 Å². The number of ketones is 1. The molecule has 0 heterocycles. The first kappa shape index (κ1) is 21.5. The lowest BCUT2D eigenvalue weighted by atomic mass is 10.2. The van der Waals surface area contributed by atoms with Crippen molar-refractivity contribution in [3.63, 3.8) is 0 Å². The third-order valence-electron chi connectivity index (χ3n) is 3.39. The molecule has 2 rings (SSSR count). The fourth-order valence-corrected chi connectivity index (χ4v) is 2.32. The summed E-state index contributed by atoms with van der Waals surface area (Å²) in [4.78, 5) is 21.8. The molecule has 1 unspecified atom stereocenters. The lowest BCUT2D eigenvalue weighted by Gasteiger charge is -2.16. The van der Waals surface area contributed by atoms with Crippen LogP contribution in [0.25, 0.3) is 0 Å². The van der Waals surface area contributed by atoms with Crippen LogP contribution in [0.1, 0.15) is 12.5 Å². The van der Waals surface area contributed by atoms with Gasteiger partial charge in [-0.1, -0.05) is 11.6 Å². The van der Waals surface area contributed by atoms with Crippen LogP contribution >= 0.6 is 11.6 Å². The van der Waals surface area contributed by atoms with Crippen molar-refractivity contribution in [2.75, 3.05) is 7.11 Å². The SMILES string of the molecule is COC(Oc1cc(Oc2ccc(C(F)(F)F)cc2Cl)ccc1[N+](=O)[O-])C(C)=O. The third kappa shape index (κ3) is 5.11. The predicted molar refractivity (Wildman–Crippen MR) is 91.7 cm³/mol. The van der Waals surface area contributed by atoms with Crippen molar-refractivity contribution in [1.29, 1.82) is 0 Å². The summed E-state index contributed by atoms with van der Waals surface area (Å²) < 4.78 is 53.5. The van der Waals surface area contributed by atoms with Crippen molar-refractivity contribution in [3.05, 3.63) is 57.1 Å². The van der Waals surface area contributed by atoms with Gasteiger partial charge in [0.15, 0.2) is 5.78 Å². The molecule has 0 fully saturated rings. The molecule has 0 aliphatic carbocycles. The second-order valence-corrected chi connectivity index (χ2v) is 5.83. The second kappa shape index (κ2) is 8.44. The Morgan fingerprint density at radius 3 is 2.36 bits per heavy atom. The van der Waals surface area contributed by atoms with Crippen molar-refractivity contribution in [2.24, 2.45) is 0 Å². The molecule has 0 N–H and O–H groups in total. The summed E-state index contributed by atoms with van der Waals surface area (Å²) in [5, 5.41) is 10.8. The summed E-state index contributed by atoms with van der Waals surface area (Å²) in [5.41, 5.74) is -1.42. The van der Waals surface area contributed by atoms with Crippen molar-refractivity contribution >= 4 is 23.1 Å². The number of rotatable bonds is 7. The van der Waals surface area contributed by atoms with Crippen LogP contribution in [0.5, 0.6) is 17.2 Å². The lowest BCUT2D eigenvalue weighted by molar-refractivity contribution is -0.386. The maximum absolute atomic E-state index is 12.7. The molecule has 0 saturated carbocycles. The Hall–Kier alpha value is -2.85. The molecule has 0 saturated heterocycles. The Kier molecular flexibility index (Phi) is 6.47. The fourth-order valence-electron chi connectivity index (χ4n) is 2.10. The number of methoxy groups -OCH3 is 1. The number of alkyl halides is 3. The Balaban J connectivity index is 2.35. The molecule has 0 bridgehead atoms. The van der Waals surface area contributed by atoms with Gasteiger partial charge in [-0.2, -0.15) is 13.2 Å². The summed E-state index contributed by atoms with van der Waals surface area (Å²) in [7, 11) is 1.18. The predicted octanol–water partition coefficient (Wildman–Crippen LogP) is 5.00. The van der Waals surface area contributed by atoms with Crippen LogP contribution < -0.4 is 9.47 Å². The minimum Gasteiger partial charge on any atom is -0.456 e. The van der Waals surface area contributed by atoms with E-state index in [4.69, 9.17) is 25.8 Å². The summed E-state index contributed by atoms with van der Waals surface area (Å²) in [5.74, 6) is -0.980. The summed E-state index contributed by atoms with van der Waals surface area (Å²) in [6.07, 6.45) is -5.96. The first-order chi connectivity index (χ1) is 13.0. The van der Waals surface area contributed by atoms with Crippen LogP contribution in [0.2, 0.25) is 5.02 Å². The maximum Gasteiger partial charge on any atom is 0.416 e. The number of carbonyl (C=O) groups is 1. The topological polar surface area (TPSA) is 87.9 Å². The van der Waals surface area contributed by atoms with E-state index < -0.39 is 34.4 Å². The van der Waals surface area contributed by atoms with Gasteiger partial charge < -0.3 is 14.2 Å². The van der Waals surface area contributed by atoms with Crippen LogP contribution in [0, 0.1) is 10.1 Å². The number of nitro groups is 1. The first-order valence-electron chi connectivity index (χ1n) is 7.56. The molecule has 0 aliphatic heterocycles. The number of hydrogen-bond donors (Lipinski definition) is 0. The number of ether oxygens (including phenoxy) is 3. The van der Waals surface area contributed by atoms with Crippen LogP contribution in [-0.2, 0) is 15.7 Å². The second-order valence-electron chi connectivity index (χ2n) is 5.43. The van der Waals surface area contributed by atoms with Gasteiger partial charge in [-0.05, 0) is 24.3 Å². The number of nitro benzene ring substituents is 1. The number of benzene rings is 2. The van der Waals surface area contributed by atoms with Crippen LogP contribution in [0.3, 0.4) is 0 Å². The van der Waals surface area contributed by atoms with Gasteiger partial charge in [0.1, 0.15) is 11.5 Å². The van der Waals surface area contributed by atoms with Gasteiger partial charge in [0, 0.05) is 26.2 Å². The minimum atomic E-state index is -4.57. The zero-order valence-corrected chi connectivity index (χ0v) is 15.2. The zero-order valence-electron chi connectivity index (χ0n) is 14.5. The fraction of sp³-hybridized carbons (Fsp3) is 0.235. The molecule has 0 radical (unpaired) electrons. The molecule has 0 aromatic heterocycles. The van der Waals surface area contributed by atoms with Crippen molar-refractivity contribution < 1.29 is 37.1 Å². The Bertz CT molecular complexity index is 903. The molecule has 7 nitrogen and oxygen atoms in total.